The number of rotatable bonds is 11. The quantitative estimate of drug-likeness (QED) is 0.0880. The molecular formula is C35H44O22. The highest BCUT2D eigenvalue weighted by Crippen LogP contribution is 2.44. The van der Waals surface area contributed by atoms with Gasteiger partial charge in [-0.3, -0.25) is 4.79 Å². The summed E-state index contributed by atoms with van der Waals surface area (Å²) in [5.41, 5.74) is -1.58. The lowest BCUT2D eigenvalue weighted by molar-refractivity contribution is -0.318. The smallest absolute Gasteiger partial charge is 0.239 e. The number of hydrogen-bond donors (Lipinski definition) is 12. The zero-order chi connectivity index (χ0) is 41.6. The van der Waals surface area contributed by atoms with Crippen LogP contribution in [-0.4, -0.2) is 181 Å². The Labute approximate surface area is 321 Å². The number of methoxy groups -OCH3 is 2. The number of aromatic hydroxyl groups is 2. The molecule has 3 aromatic rings. The van der Waals surface area contributed by atoms with E-state index in [2.05, 4.69) is 0 Å². The molecule has 15 atom stereocenters. The third kappa shape index (κ3) is 8.02. The first-order chi connectivity index (χ1) is 27.0. The van der Waals surface area contributed by atoms with Gasteiger partial charge in [0.05, 0.1) is 33.5 Å². The number of ether oxygens (including phenoxy) is 8. The fourth-order valence-electron chi connectivity index (χ4n) is 6.55. The van der Waals surface area contributed by atoms with Crippen molar-refractivity contribution in [2.45, 2.75) is 99.0 Å². The van der Waals surface area contributed by atoms with Gasteiger partial charge in [0.15, 0.2) is 23.5 Å². The fourth-order valence-corrected chi connectivity index (χ4v) is 6.55. The van der Waals surface area contributed by atoms with Crippen LogP contribution in [-0.2, 0) is 18.9 Å². The fraction of sp³-hybridized carbons (Fsp3) is 0.571. The maximum absolute atomic E-state index is 14.3. The summed E-state index contributed by atoms with van der Waals surface area (Å²) in [5.74, 6) is -3.14. The molecule has 12 N–H and O–H groups in total. The molecule has 0 radical (unpaired) electrons. The molecule has 4 heterocycles. The number of phenolic OH excluding ortho intramolecular Hbond substituents is 2. The van der Waals surface area contributed by atoms with Gasteiger partial charge in [-0.05, 0) is 19.1 Å². The Kier molecular flexibility index (Phi) is 12.7. The van der Waals surface area contributed by atoms with E-state index in [9.17, 15) is 66.1 Å². The van der Waals surface area contributed by atoms with Crippen LogP contribution in [0.25, 0.3) is 22.3 Å². The summed E-state index contributed by atoms with van der Waals surface area (Å²) in [4.78, 5) is 14.3. The zero-order valence-corrected chi connectivity index (χ0v) is 30.3. The van der Waals surface area contributed by atoms with Crippen LogP contribution in [0.1, 0.15) is 6.92 Å². The monoisotopic (exact) mass is 816 g/mol. The summed E-state index contributed by atoms with van der Waals surface area (Å²) in [7, 11) is 2.43. The molecule has 22 nitrogen and oxygen atoms in total. The van der Waals surface area contributed by atoms with E-state index in [-0.39, 0.29) is 22.8 Å². The molecule has 22 heteroatoms. The summed E-state index contributed by atoms with van der Waals surface area (Å²) in [6, 6.07) is 4.41. The van der Waals surface area contributed by atoms with Crippen LogP contribution in [0.4, 0.5) is 0 Å². The zero-order valence-electron chi connectivity index (χ0n) is 30.3. The molecule has 0 aliphatic carbocycles. The molecule has 0 saturated carbocycles. The number of aliphatic hydroxyl groups is 10. The van der Waals surface area contributed by atoms with Gasteiger partial charge in [-0.1, -0.05) is 0 Å². The van der Waals surface area contributed by atoms with Crippen molar-refractivity contribution >= 4 is 11.0 Å². The molecule has 2 aromatic carbocycles. The van der Waals surface area contributed by atoms with Crippen LogP contribution in [0.2, 0.25) is 0 Å². The molecule has 57 heavy (non-hydrogen) atoms. The number of fused-ring (bicyclic) bond motifs is 1. The number of hydrogen-bond acceptors (Lipinski definition) is 22. The van der Waals surface area contributed by atoms with Crippen molar-refractivity contribution in [3.05, 3.63) is 34.5 Å². The minimum atomic E-state index is -2.06. The Morgan fingerprint density at radius 1 is 0.649 bits per heavy atom. The largest absolute Gasteiger partial charge is 0.507 e. The van der Waals surface area contributed by atoms with E-state index < -0.39 is 145 Å². The highest BCUT2D eigenvalue weighted by molar-refractivity contribution is 5.88. The van der Waals surface area contributed by atoms with Crippen molar-refractivity contribution in [2.24, 2.45) is 0 Å². The lowest BCUT2D eigenvalue weighted by atomic mass is 9.98. The van der Waals surface area contributed by atoms with E-state index in [4.69, 9.17) is 42.3 Å². The highest BCUT2D eigenvalue weighted by Gasteiger charge is 2.48. The molecular weight excluding hydrogens is 772 g/mol. The third-order valence-electron chi connectivity index (χ3n) is 9.88. The molecule has 3 aliphatic rings. The molecule has 3 saturated heterocycles. The van der Waals surface area contributed by atoms with Gasteiger partial charge in [0.2, 0.25) is 29.5 Å². The molecule has 316 valence electrons. The maximum Gasteiger partial charge on any atom is 0.239 e. The Balaban J connectivity index is 1.38. The number of aliphatic hydroxyl groups excluding tert-OH is 10. The van der Waals surface area contributed by atoms with Crippen molar-refractivity contribution in [1.29, 1.82) is 0 Å². The predicted molar refractivity (Wildman–Crippen MR) is 184 cm³/mol. The van der Waals surface area contributed by atoms with Gasteiger partial charge in [0.25, 0.3) is 0 Å². The molecule has 1 aromatic heterocycles. The van der Waals surface area contributed by atoms with Crippen molar-refractivity contribution in [3.63, 3.8) is 0 Å². The SMILES string of the molecule is COc1cc(-c2oc3cc(O[C@@H]4O[C@H](CO)[C@@H](O)[C@H](O)[C@H]4O)cc(O)c3c(=O)c2O[C@@H]2O[C@H](CO[C@@H]3O[C@@H](C)[C@H](O)[C@@H](O)[C@H]3O)[C@@H](O)[C@H](O)[C@H]2O)cc(OC)c1O. The van der Waals surface area contributed by atoms with E-state index in [1.807, 2.05) is 0 Å². The average Bonchev–Trinajstić information content (AvgIpc) is 3.19. The summed E-state index contributed by atoms with van der Waals surface area (Å²) >= 11 is 0. The topological polar surface area (TPSA) is 347 Å². The second-order valence-corrected chi connectivity index (χ2v) is 13.6. The second kappa shape index (κ2) is 17.0. The normalized spacial score (nSPS) is 35.8. The first-order valence-corrected chi connectivity index (χ1v) is 17.4. The molecule has 3 aliphatic heterocycles. The average molecular weight is 817 g/mol. The maximum atomic E-state index is 14.3. The van der Waals surface area contributed by atoms with Crippen molar-refractivity contribution in [1.82, 2.24) is 0 Å². The summed E-state index contributed by atoms with van der Waals surface area (Å²) in [6.45, 7) is -0.0145. The minimum Gasteiger partial charge on any atom is -0.507 e. The van der Waals surface area contributed by atoms with Crippen molar-refractivity contribution in [3.8, 4) is 45.8 Å². The molecule has 0 bridgehead atoms. The molecule has 6 rings (SSSR count). The van der Waals surface area contributed by atoms with Gasteiger partial charge >= 0.3 is 0 Å². The van der Waals surface area contributed by atoms with Crippen LogP contribution in [0.15, 0.2) is 33.5 Å². The first-order valence-electron chi connectivity index (χ1n) is 17.4. The third-order valence-corrected chi connectivity index (χ3v) is 9.88. The molecule has 0 spiro atoms. The molecule has 0 unspecified atom stereocenters. The van der Waals surface area contributed by atoms with Crippen LogP contribution in [0, 0.1) is 0 Å². The Morgan fingerprint density at radius 2 is 1.19 bits per heavy atom. The first kappa shape index (κ1) is 42.5. The second-order valence-electron chi connectivity index (χ2n) is 13.6. The van der Waals surface area contributed by atoms with Gasteiger partial charge in [0, 0.05) is 17.7 Å². The van der Waals surface area contributed by atoms with E-state index >= 15 is 0 Å². The number of phenols is 2. The van der Waals surface area contributed by atoms with E-state index in [0.717, 1.165) is 12.1 Å². The van der Waals surface area contributed by atoms with Gasteiger partial charge < -0.3 is 104 Å². The Morgan fingerprint density at radius 3 is 1.79 bits per heavy atom. The predicted octanol–water partition coefficient (Wildman–Crippen LogP) is -3.90. The van der Waals surface area contributed by atoms with E-state index in [1.165, 1.54) is 33.3 Å². The van der Waals surface area contributed by atoms with Crippen molar-refractivity contribution in [2.75, 3.05) is 27.4 Å². The highest BCUT2D eigenvalue weighted by atomic mass is 16.7. The summed E-state index contributed by atoms with van der Waals surface area (Å²) in [5, 5.41) is 125. The van der Waals surface area contributed by atoms with Gasteiger partial charge in [-0.2, -0.15) is 0 Å². The van der Waals surface area contributed by atoms with Crippen LogP contribution < -0.4 is 24.4 Å². The Hall–Kier alpha value is -4.11. The van der Waals surface area contributed by atoms with Crippen LogP contribution in [0.3, 0.4) is 0 Å². The van der Waals surface area contributed by atoms with Gasteiger partial charge in [-0.25, -0.2) is 0 Å². The van der Waals surface area contributed by atoms with E-state index in [1.54, 1.807) is 0 Å². The number of benzene rings is 2. The van der Waals surface area contributed by atoms with Gasteiger partial charge in [0.1, 0.15) is 89.6 Å². The van der Waals surface area contributed by atoms with Crippen molar-refractivity contribution < 1.29 is 104 Å². The Bertz CT molecular complexity index is 1910. The van der Waals surface area contributed by atoms with E-state index in [0.29, 0.717) is 0 Å². The lowest BCUT2D eigenvalue weighted by Gasteiger charge is -2.42. The minimum absolute atomic E-state index is 0.0701. The summed E-state index contributed by atoms with van der Waals surface area (Å²) in [6.07, 6.45) is -25.2. The molecule has 0 amide bonds. The van der Waals surface area contributed by atoms with Crippen LogP contribution in [0.5, 0.6) is 34.5 Å². The standard InChI is InChI=1S/C35H44O22/c1-10-20(38)25(43)28(46)33(52-10)51-9-18-23(41)27(45)30(48)35(56-18)57-32-24(42)19-13(37)6-12(53-34-29(47)26(44)22(40)17(8-36)55-34)7-14(19)54-31(32)11-4-15(49-2)21(39)16(5-11)50-3/h4-7,10,17-18,20,22-23,25-30,33-41,43-48H,8-9H2,1-3H3/t10-,17+,18+,20-,22+,23+,25+,26-,27-,28+,29+,30+,33+,34+,35-/m0/s1. The van der Waals surface area contributed by atoms with Crippen LogP contribution >= 0.6 is 0 Å². The lowest BCUT2D eigenvalue weighted by Crippen LogP contribution is -2.61. The summed E-state index contributed by atoms with van der Waals surface area (Å²) < 4.78 is 50.1. The molecule has 3 fully saturated rings. The van der Waals surface area contributed by atoms with Gasteiger partial charge in [-0.15, -0.1) is 0 Å².